The number of hydrogen-bond acceptors (Lipinski definition) is 5. The van der Waals surface area contributed by atoms with Gasteiger partial charge in [-0.3, -0.25) is 0 Å². The number of unbranched alkanes of at least 4 members (excludes halogenated alkanes) is 3. The lowest BCUT2D eigenvalue weighted by atomic mass is 9.72. The Kier molecular flexibility index (Phi) is 15.5. The smallest absolute Gasteiger partial charge is 0.335 e. The first-order valence-corrected chi connectivity index (χ1v) is 16.1. The normalized spacial score (nSPS) is 18.4. The van der Waals surface area contributed by atoms with E-state index in [4.69, 9.17) is 9.47 Å². The molecule has 0 heterocycles. The van der Waals surface area contributed by atoms with Gasteiger partial charge in [0, 0.05) is 11.0 Å². The van der Waals surface area contributed by atoms with Crippen LogP contribution in [0.1, 0.15) is 127 Å². The van der Waals surface area contributed by atoms with E-state index in [9.17, 15) is 14.7 Å². The van der Waals surface area contributed by atoms with Crippen molar-refractivity contribution in [2.75, 3.05) is 19.8 Å². The molecule has 0 amide bonds. The molecule has 1 aromatic carbocycles. The predicted octanol–water partition coefficient (Wildman–Crippen LogP) is 8.42. The van der Waals surface area contributed by atoms with E-state index in [1.165, 1.54) is 68.1 Å². The van der Waals surface area contributed by atoms with E-state index in [-0.39, 0.29) is 18.8 Å². The maximum absolute atomic E-state index is 12.3. The Morgan fingerprint density at radius 3 is 2.15 bits per heavy atom. The molecule has 0 bridgehead atoms. The second kappa shape index (κ2) is 18.2. The number of ether oxygens (including phenoxy) is 2. The van der Waals surface area contributed by atoms with Crippen LogP contribution in [0, 0.1) is 11.3 Å². The summed E-state index contributed by atoms with van der Waals surface area (Å²) in [4.78, 5) is 24.6. The van der Waals surface area contributed by atoms with Gasteiger partial charge < -0.3 is 14.6 Å². The zero-order valence-electron chi connectivity index (χ0n) is 26.4. The quantitative estimate of drug-likeness (QED) is 0.103. The van der Waals surface area contributed by atoms with Crippen LogP contribution in [-0.4, -0.2) is 36.9 Å². The predicted molar refractivity (Wildman–Crippen MR) is 168 cm³/mol. The molecule has 0 radical (unpaired) electrons. The first kappa shape index (κ1) is 34.8. The van der Waals surface area contributed by atoms with Gasteiger partial charge in [-0.15, -0.1) is 0 Å². The molecule has 1 saturated carbocycles. The molecule has 1 aromatic rings. The van der Waals surface area contributed by atoms with Gasteiger partial charge in [0.05, 0.1) is 12.2 Å². The average Bonchev–Trinajstić information content (AvgIpc) is 2.99. The van der Waals surface area contributed by atoms with E-state index < -0.39 is 24.0 Å². The molecule has 1 aliphatic rings. The third-order valence-corrected chi connectivity index (χ3v) is 8.97. The Bertz CT molecular complexity index is 988. The van der Waals surface area contributed by atoms with Gasteiger partial charge in [-0.1, -0.05) is 77.8 Å². The Morgan fingerprint density at radius 1 is 0.902 bits per heavy atom. The summed E-state index contributed by atoms with van der Waals surface area (Å²) in [5.41, 5.74) is 4.47. The zero-order chi connectivity index (χ0) is 30.3. The lowest BCUT2D eigenvalue weighted by Crippen LogP contribution is -2.36. The largest absolute Gasteiger partial charge is 0.462 e. The number of aliphatic hydroxyl groups is 1. The molecule has 1 fully saturated rings. The van der Waals surface area contributed by atoms with E-state index in [2.05, 4.69) is 52.1 Å². The van der Waals surface area contributed by atoms with E-state index in [0.29, 0.717) is 17.4 Å². The number of rotatable bonds is 19. The maximum Gasteiger partial charge on any atom is 0.335 e. The SMILES string of the molecule is C=C(C)C(=O)OCC(CCCC)(CCC1CCC(c2ccc(CCCCC)c(CC)c2)CC1)COC(=O)C(=C)CO. The van der Waals surface area contributed by atoms with Gasteiger partial charge in [-0.25, -0.2) is 9.59 Å². The molecule has 5 heteroatoms. The van der Waals surface area contributed by atoms with Gasteiger partial charge in [0.1, 0.15) is 13.2 Å². The summed E-state index contributed by atoms with van der Waals surface area (Å²) in [6, 6.07) is 7.25. The van der Waals surface area contributed by atoms with Crippen LogP contribution in [0.5, 0.6) is 0 Å². The summed E-state index contributed by atoms with van der Waals surface area (Å²) < 4.78 is 11.3. The van der Waals surface area contributed by atoms with E-state index >= 15 is 0 Å². The molecule has 2 rings (SSSR count). The van der Waals surface area contributed by atoms with Gasteiger partial charge in [-0.2, -0.15) is 0 Å². The number of aliphatic hydroxyl groups excluding tert-OH is 1. The summed E-state index contributed by atoms with van der Waals surface area (Å²) >= 11 is 0. The Hall–Kier alpha value is -2.40. The Balaban J connectivity index is 2.06. The Morgan fingerprint density at radius 2 is 1.56 bits per heavy atom. The number of hydrogen-bond donors (Lipinski definition) is 1. The van der Waals surface area contributed by atoms with Crippen molar-refractivity contribution in [3.63, 3.8) is 0 Å². The fraction of sp³-hybridized carbons (Fsp3) is 0.667. The van der Waals surface area contributed by atoms with Crippen molar-refractivity contribution in [1.29, 1.82) is 0 Å². The van der Waals surface area contributed by atoms with Crippen LogP contribution in [0.15, 0.2) is 42.5 Å². The minimum absolute atomic E-state index is 0.0341. The molecule has 1 unspecified atom stereocenters. The first-order chi connectivity index (χ1) is 19.7. The fourth-order valence-electron chi connectivity index (χ4n) is 6.07. The summed E-state index contributed by atoms with van der Waals surface area (Å²) in [7, 11) is 0. The highest BCUT2D eigenvalue weighted by Crippen LogP contribution is 2.41. The van der Waals surface area contributed by atoms with Gasteiger partial charge in [0.25, 0.3) is 0 Å². The van der Waals surface area contributed by atoms with Crippen molar-refractivity contribution in [2.24, 2.45) is 11.3 Å². The molecule has 1 N–H and O–H groups in total. The van der Waals surface area contributed by atoms with Gasteiger partial charge >= 0.3 is 11.9 Å². The topological polar surface area (TPSA) is 72.8 Å². The third-order valence-electron chi connectivity index (χ3n) is 8.97. The van der Waals surface area contributed by atoms with Crippen LogP contribution in [0.2, 0.25) is 0 Å². The van der Waals surface area contributed by atoms with Crippen molar-refractivity contribution in [1.82, 2.24) is 0 Å². The van der Waals surface area contributed by atoms with Crippen LogP contribution in [0.3, 0.4) is 0 Å². The maximum atomic E-state index is 12.3. The first-order valence-electron chi connectivity index (χ1n) is 16.1. The number of carbonyl (C=O) groups excluding carboxylic acids is 2. The minimum Gasteiger partial charge on any atom is -0.462 e. The van der Waals surface area contributed by atoms with E-state index in [0.717, 1.165) is 38.5 Å². The van der Waals surface area contributed by atoms with Crippen molar-refractivity contribution < 1.29 is 24.2 Å². The van der Waals surface area contributed by atoms with Crippen LogP contribution >= 0.6 is 0 Å². The fourth-order valence-corrected chi connectivity index (χ4v) is 6.07. The second-order valence-electron chi connectivity index (χ2n) is 12.4. The number of esters is 2. The van der Waals surface area contributed by atoms with Crippen molar-refractivity contribution in [3.8, 4) is 0 Å². The highest BCUT2D eigenvalue weighted by molar-refractivity contribution is 5.88. The van der Waals surface area contributed by atoms with E-state index in [1.807, 2.05) is 0 Å². The summed E-state index contributed by atoms with van der Waals surface area (Å²) in [5, 5.41) is 9.30. The number of aryl methyl sites for hydroxylation is 2. The zero-order valence-corrected chi connectivity index (χ0v) is 26.4. The van der Waals surface area contributed by atoms with Crippen LogP contribution in [0.4, 0.5) is 0 Å². The summed E-state index contributed by atoms with van der Waals surface area (Å²) in [5.74, 6) is 0.211. The number of carbonyl (C=O) groups is 2. The van der Waals surface area contributed by atoms with Crippen molar-refractivity contribution >= 4 is 11.9 Å². The van der Waals surface area contributed by atoms with Gasteiger partial charge in [-0.05, 0) is 99.7 Å². The van der Waals surface area contributed by atoms with Crippen LogP contribution < -0.4 is 0 Å². The van der Waals surface area contributed by atoms with E-state index in [1.54, 1.807) is 6.92 Å². The van der Waals surface area contributed by atoms with Crippen LogP contribution in [-0.2, 0) is 31.9 Å². The summed E-state index contributed by atoms with van der Waals surface area (Å²) in [6.45, 7) is 15.5. The molecule has 1 atom stereocenters. The Labute approximate surface area is 249 Å². The van der Waals surface area contributed by atoms with Gasteiger partial charge in [0.15, 0.2) is 0 Å². The molecular weight excluding hydrogens is 512 g/mol. The van der Waals surface area contributed by atoms with Crippen LogP contribution in [0.25, 0.3) is 0 Å². The lowest BCUT2D eigenvalue weighted by molar-refractivity contribution is -0.150. The van der Waals surface area contributed by atoms with Crippen molar-refractivity contribution in [2.45, 2.75) is 124 Å². The highest BCUT2D eigenvalue weighted by Gasteiger charge is 2.35. The molecule has 1 aliphatic carbocycles. The molecule has 0 aromatic heterocycles. The van der Waals surface area contributed by atoms with Gasteiger partial charge in [0.2, 0.25) is 0 Å². The molecule has 41 heavy (non-hydrogen) atoms. The molecule has 230 valence electrons. The molecule has 5 nitrogen and oxygen atoms in total. The third kappa shape index (κ3) is 11.4. The molecular formula is C36H56O5. The molecule has 0 saturated heterocycles. The minimum atomic E-state index is -0.594. The monoisotopic (exact) mass is 568 g/mol. The highest BCUT2D eigenvalue weighted by atomic mass is 16.5. The average molecular weight is 569 g/mol. The second-order valence-corrected chi connectivity index (χ2v) is 12.4. The number of benzene rings is 1. The molecule has 0 aliphatic heterocycles. The molecule has 0 spiro atoms. The standard InChI is InChI=1S/C36H56O5/c1-7-10-12-13-31-18-19-33(23-30(31)9-3)32-16-14-29(15-17-32)20-22-36(21-11-8-2,25-40-34(38)27(4)5)26-41-35(39)28(6)24-37/h18-19,23,29,32,37H,4,6-17,20-22,24-26H2,1-3,5H3. The summed E-state index contributed by atoms with van der Waals surface area (Å²) in [6.07, 6.45) is 15.4. The lowest BCUT2D eigenvalue weighted by Gasteiger charge is -2.36. The van der Waals surface area contributed by atoms with Crippen molar-refractivity contribution in [3.05, 3.63) is 59.2 Å².